The Labute approximate surface area is 101 Å². The van der Waals surface area contributed by atoms with Crippen LogP contribution in [-0.4, -0.2) is 5.91 Å². The van der Waals surface area contributed by atoms with Crippen molar-refractivity contribution in [3.8, 4) is 0 Å². The van der Waals surface area contributed by atoms with Crippen LogP contribution in [0, 0.1) is 0 Å². The van der Waals surface area contributed by atoms with Gasteiger partial charge in [-0.05, 0) is 24.5 Å². The predicted molar refractivity (Wildman–Crippen MR) is 67.9 cm³/mol. The van der Waals surface area contributed by atoms with Gasteiger partial charge in [0, 0.05) is 17.8 Å². The summed E-state index contributed by atoms with van der Waals surface area (Å²) in [5, 5.41) is 2.89. The van der Waals surface area contributed by atoms with Crippen LogP contribution in [0.25, 0.3) is 0 Å². The van der Waals surface area contributed by atoms with Crippen LogP contribution in [-0.2, 0) is 11.3 Å². The first-order valence-electron chi connectivity index (χ1n) is 5.74. The Bertz CT molecular complexity index is 460. The number of allylic oxidation sites excluding steroid dienone is 2. The van der Waals surface area contributed by atoms with Gasteiger partial charge in [0.2, 0.25) is 5.91 Å². The molecule has 3 nitrogen and oxygen atoms in total. The summed E-state index contributed by atoms with van der Waals surface area (Å²) in [6, 6.07) is 9.84. The number of nitrogens with two attached hydrogens (primary N) is 1. The molecule has 1 aromatic rings. The number of amides is 1. The summed E-state index contributed by atoms with van der Waals surface area (Å²) >= 11 is 0. The summed E-state index contributed by atoms with van der Waals surface area (Å²) in [6.45, 7) is 0.542. The highest BCUT2D eigenvalue weighted by Crippen LogP contribution is 2.15. The molecule has 3 heteroatoms. The van der Waals surface area contributed by atoms with E-state index in [1.54, 1.807) is 6.08 Å². The van der Waals surface area contributed by atoms with Gasteiger partial charge < -0.3 is 11.1 Å². The molecule has 0 saturated carbocycles. The van der Waals surface area contributed by atoms with Gasteiger partial charge in [-0.15, -0.1) is 0 Å². The average molecular weight is 228 g/mol. The summed E-state index contributed by atoms with van der Waals surface area (Å²) in [7, 11) is 0. The number of carbonyl (C=O) groups excluding carboxylic acids is 1. The zero-order chi connectivity index (χ0) is 12.1. The first-order chi connectivity index (χ1) is 8.27. The molecule has 2 rings (SSSR count). The van der Waals surface area contributed by atoms with Gasteiger partial charge in [0.15, 0.2) is 0 Å². The summed E-state index contributed by atoms with van der Waals surface area (Å²) in [4.78, 5) is 11.9. The molecule has 0 bridgehead atoms. The van der Waals surface area contributed by atoms with Crippen molar-refractivity contribution >= 4 is 5.91 Å². The second-order valence-electron chi connectivity index (χ2n) is 4.04. The number of benzene rings is 1. The van der Waals surface area contributed by atoms with Crippen molar-refractivity contribution in [1.29, 1.82) is 0 Å². The number of carbonyl (C=O) groups is 1. The van der Waals surface area contributed by atoms with E-state index in [1.807, 2.05) is 36.4 Å². The molecule has 0 unspecified atom stereocenters. The lowest BCUT2D eigenvalue weighted by Gasteiger charge is -2.13. The van der Waals surface area contributed by atoms with E-state index in [0.29, 0.717) is 17.8 Å². The Kier molecular flexibility index (Phi) is 3.60. The van der Waals surface area contributed by atoms with Crippen LogP contribution in [0.2, 0.25) is 0 Å². The van der Waals surface area contributed by atoms with Gasteiger partial charge in [0.05, 0.1) is 0 Å². The molecule has 1 amide bonds. The highest BCUT2D eigenvalue weighted by molar-refractivity contribution is 5.94. The van der Waals surface area contributed by atoms with Gasteiger partial charge in [0.1, 0.15) is 0 Å². The maximum absolute atomic E-state index is 11.9. The van der Waals surface area contributed by atoms with E-state index in [0.717, 1.165) is 18.4 Å². The zero-order valence-electron chi connectivity index (χ0n) is 9.65. The van der Waals surface area contributed by atoms with Gasteiger partial charge in [0.25, 0.3) is 0 Å². The summed E-state index contributed by atoms with van der Waals surface area (Å²) in [5.41, 5.74) is 8.15. The van der Waals surface area contributed by atoms with E-state index in [2.05, 4.69) is 5.32 Å². The SMILES string of the molecule is NC1=C(C(=O)NCc2ccccc2)CCC=C1. The lowest BCUT2D eigenvalue weighted by atomic mass is 10.0. The minimum absolute atomic E-state index is 0.0595. The Morgan fingerprint density at radius 2 is 2.06 bits per heavy atom. The molecule has 0 aromatic heterocycles. The fourth-order valence-electron chi connectivity index (χ4n) is 1.81. The van der Waals surface area contributed by atoms with Gasteiger partial charge in [-0.1, -0.05) is 36.4 Å². The molecule has 17 heavy (non-hydrogen) atoms. The van der Waals surface area contributed by atoms with E-state index in [1.165, 1.54) is 0 Å². The Balaban J connectivity index is 1.96. The molecular weight excluding hydrogens is 212 g/mol. The molecule has 0 aliphatic heterocycles. The zero-order valence-corrected chi connectivity index (χ0v) is 9.65. The smallest absolute Gasteiger partial charge is 0.249 e. The quantitative estimate of drug-likeness (QED) is 0.829. The molecule has 3 N–H and O–H groups in total. The van der Waals surface area contributed by atoms with Crippen molar-refractivity contribution in [1.82, 2.24) is 5.32 Å². The number of hydrogen-bond donors (Lipinski definition) is 2. The number of nitrogens with one attached hydrogen (secondary N) is 1. The monoisotopic (exact) mass is 228 g/mol. The third-order valence-electron chi connectivity index (χ3n) is 2.78. The van der Waals surface area contributed by atoms with E-state index in [9.17, 15) is 4.79 Å². The van der Waals surface area contributed by atoms with Crippen molar-refractivity contribution in [3.05, 3.63) is 59.3 Å². The molecule has 88 valence electrons. The van der Waals surface area contributed by atoms with Crippen molar-refractivity contribution in [2.24, 2.45) is 5.73 Å². The molecule has 0 radical (unpaired) electrons. The maximum atomic E-state index is 11.9. The molecular formula is C14H16N2O. The van der Waals surface area contributed by atoms with Crippen molar-refractivity contribution in [2.45, 2.75) is 19.4 Å². The maximum Gasteiger partial charge on any atom is 0.249 e. The van der Waals surface area contributed by atoms with Crippen LogP contribution in [0.5, 0.6) is 0 Å². The van der Waals surface area contributed by atoms with E-state index < -0.39 is 0 Å². The van der Waals surface area contributed by atoms with Gasteiger partial charge >= 0.3 is 0 Å². The van der Waals surface area contributed by atoms with Crippen molar-refractivity contribution in [3.63, 3.8) is 0 Å². The van der Waals surface area contributed by atoms with E-state index in [4.69, 9.17) is 5.73 Å². The van der Waals surface area contributed by atoms with Crippen LogP contribution < -0.4 is 11.1 Å². The molecule has 1 aromatic carbocycles. The third kappa shape index (κ3) is 2.97. The molecule has 1 aliphatic rings. The largest absolute Gasteiger partial charge is 0.398 e. The third-order valence-corrected chi connectivity index (χ3v) is 2.78. The Morgan fingerprint density at radius 3 is 2.76 bits per heavy atom. The normalized spacial score (nSPS) is 14.8. The van der Waals surface area contributed by atoms with Crippen molar-refractivity contribution < 1.29 is 4.79 Å². The molecule has 0 heterocycles. The fourth-order valence-corrected chi connectivity index (χ4v) is 1.81. The second kappa shape index (κ2) is 5.34. The van der Waals surface area contributed by atoms with Crippen LogP contribution in [0.3, 0.4) is 0 Å². The van der Waals surface area contributed by atoms with E-state index >= 15 is 0 Å². The topological polar surface area (TPSA) is 55.1 Å². The van der Waals surface area contributed by atoms with E-state index in [-0.39, 0.29) is 5.91 Å². The Morgan fingerprint density at radius 1 is 1.29 bits per heavy atom. The minimum atomic E-state index is -0.0595. The standard InChI is InChI=1S/C14H16N2O/c15-13-9-5-4-8-12(13)14(17)16-10-11-6-2-1-3-7-11/h1-3,5-7,9H,4,8,10,15H2,(H,16,17). The Hall–Kier alpha value is -2.03. The van der Waals surface area contributed by atoms with Crippen LogP contribution in [0.1, 0.15) is 18.4 Å². The number of rotatable bonds is 3. The van der Waals surface area contributed by atoms with Gasteiger partial charge in [-0.3, -0.25) is 4.79 Å². The lowest BCUT2D eigenvalue weighted by Crippen LogP contribution is -2.27. The molecule has 0 atom stereocenters. The summed E-state index contributed by atoms with van der Waals surface area (Å²) in [6.07, 6.45) is 5.40. The van der Waals surface area contributed by atoms with Crippen LogP contribution in [0.4, 0.5) is 0 Å². The molecule has 0 fully saturated rings. The van der Waals surface area contributed by atoms with Crippen LogP contribution in [0.15, 0.2) is 53.8 Å². The lowest BCUT2D eigenvalue weighted by molar-refractivity contribution is -0.117. The summed E-state index contributed by atoms with van der Waals surface area (Å²) in [5.74, 6) is -0.0595. The molecule has 1 aliphatic carbocycles. The minimum Gasteiger partial charge on any atom is -0.398 e. The highest BCUT2D eigenvalue weighted by Gasteiger charge is 2.13. The molecule has 0 spiro atoms. The second-order valence-corrected chi connectivity index (χ2v) is 4.04. The first-order valence-corrected chi connectivity index (χ1v) is 5.74. The predicted octanol–water partition coefficient (Wildman–Crippen LogP) is 1.87. The highest BCUT2D eigenvalue weighted by atomic mass is 16.1. The number of hydrogen-bond acceptors (Lipinski definition) is 2. The fraction of sp³-hybridized carbons (Fsp3) is 0.214. The van der Waals surface area contributed by atoms with Gasteiger partial charge in [-0.2, -0.15) is 0 Å². The average Bonchev–Trinajstić information content (AvgIpc) is 2.38. The van der Waals surface area contributed by atoms with Crippen LogP contribution >= 0.6 is 0 Å². The first kappa shape index (κ1) is 11.5. The van der Waals surface area contributed by atoms with Crippen molar-refractivity contribution in [2.75, 3.05) is 0 Å². The van der Waals surface area contributed by atoms with Gasteiger partial charge in [-0.25, -0.2) is 0 Å². The molecule has 0 saturated heterocycles. The summed E-state index contributed by atoms with van der Waals surface area (Å²) < 4.78 is 0.